The van der Waals surface area contributed by atoms with E-state index in [1.165, 1.54) is 4.90 Å². The summed E-state index contributed by atoms with van der Waals surface area (Å²) in [6.45, 7) is 4.15. The third kappa shape index (κ3) is 5.04. The first-order valence-electron chi connectivity index (χ1n) is 11.0. The van der Waals surface area contributed by atoms with E-state index < -0.39 is 0 Å². The second-order valence-electron chi connectivity index (χ2n) is 8.30. The number of imide groups is 1. The Morgan fingerprint density at radius 1 is 0.812 bits per heavy atom. The van der Waals surface area contributed by atoms with E-state index >= 15 is 0 Å². The molecule has 0 bridgehead atoms. The van der Waals surface area contributed by atoms with Gasteiger partial charge in [-0.1, -0.05) is 24.3 Å². The average Bonchev–Trinajstić information content (AvgIpc) is 3.00. The molecular weight excluding hydrogens is 404 g/mol. The molecule has 7 nitrogen and oxygen atoms in total. The molecule has 0 N–H and O–H groups in total. The zero-order valence-electron chi connectivity index (χ0n) is 18.0. The minimum Gasteiger partial charge on any atom is -0.337 e. The van der Waals surface area contributed by atoms with Crippen LogP contribution in [0.1, 0.15) is 46.3 Å². The van der Waals surface area contributed by atoms with Crippen molar-refractivity contribution in [1.82, 2.24) is 14.7 Å². The second-order valence-corrected chi connectivity index (χ2v) is 8.30. The minimum absolute atomic E-state index is 0.00472. The summed E-state index contributed by atoms with van der Waals surface area (Å²) in [4.78, 5) is 42.1. The van der Waals surface area contributed by atoms with Crippen molar-refractivity contribution in [3.05, 3.63) is 70.8 Å². The van der Waals surface area contributed by atoms with Crippen LogP contribution in [-0.2, 0) is 22.7 Å². The van der Waals surface area contributed by atoms with Crippen molar-refractivity contribution in [1.29, 1.82) is 5.26 Å². The van der Waals surface area contributed by atoms with E-state index in [1.54, 1.807) is 12.1 Å². The number of benzene rings is 2. The molecular formula is C25H26N4O3. The second kappa shape index (κ2) is 9.75. The Morgan fingerprint density at radius 3 is 2.09 bits per heavy atom. The lowest BCUT2D eigenvalue weighted by molar-refractivity contribution is -0.139. The lowest BCUT2D eigenvalue weighted by Gasteiger charge is -2.22. The molecule has 2 aliphatic heterocycles. The lowest BCUT2D eigenvalue weighted by atomic mass is 10.1. The van der Waals surface area contributed by atoms with Gasteiger partial charge in [-0.3, -0.25) is 24.2 Å². The molecule has 0 aromatic heterocycles. The van der Waals surface area contributed by atoms with Crippen LogP contribution in [0, 0.1) is 11.3 Å². The summed E-state index contributed by atoms with van der Waals surface area (Å²) >= 11 is 0. The van der Waals surface area contributed by atoms with Gasteiger partial charge >= 0.3 is 0 Å². The molecule has 32 heavy (non-hydrogen) atoms. The van der Waals surface area contributed by atoms with Gasteiger partial charge in [0.25, 0.3) is 5.91 Å². The highest BCUT2D eigenvalue weighted by Crippen LogP contribution is 2.17. The maximum Gasteiger partial charge on any atom is 0.253 e. The van der Waals surface area contributed by atoms with Gasteiger partial charge in [0.15, 0.2) is 0 Å². The standard InChI is InChI=1S/C25H26N4O3/c26-16-19-2-4-20(5-3-19)17-27-12-1-13-28(15-14-27)25(32)22-8-6-21(7-9-22)18-29-23(30)10-11-24(29)31/h2-9H,1,10-15,17-18H2. The van der Waals surface area contributed by atoms with Crippen LogP contribution < -0.4 is 0 Å². The summed E-state index contributed by atoms with van der Waals surface area (Å²) in [5, 5.41) is 8.94. The normalized spacial score (nSPS) is 17.3. The first-order chi connectivity index (χ1) is 15.5. The van der Waals surface area contributed by atoms with Crippen molar-refractivity contribution in [3.63, 3.8) is 0 Å². The van der Waals surface area contributed by atoms with Crippen molar-refractivity contribution < 1.29 is 14.4 Å². The highest BCUT2D eigenvalue weighted by atomic mass is 16.2. The molecule has 3 amide bonds. The summed E-state index contributed by atoms with van der Waals surface area (Å²) in [7, 11) is 0. The van der Waals surface area contributed by atoms with Crippen molar-refractivity contribution in [2.45, 2.75) is 32.4 Å². The number of carbonyl (C=O) groups is 3. The van der Waals surface area contributed by atoms with Crippen LogP contribution in [0.3, 0.4) is 0 Å². The topological polar surface area (TPSA) is 84.7 Å². The molecule has 0 unspecified atom stereocenters. The quantitative estimate of drug-likeness (QED) is 0.681. The number of likely N-dealkylation sites (tertiary alicyclic amines) is 1. The lowest BCUT2D eigenvalue weighted by Crippen LogP contribution is -2.35. The van der Waals surface area contributed by atoms with Crippen LogP contribution >= 0.6 is 0 Å². The Labute approximate surface area is 187 Å². The molecule has 2 heterocycles. The molecule has 0 spiro atoms. The van der Waals surface area contributed by atoms with Gasteiger partial charge in [-0.25, -0.2) is 0 Å². The molecule has 7 heteroatoms. The van der Waals surface area contributed by atoms with Crippen LogP contribution in [0.5, 0.6) is 0 Å². The van der Waals surface area contributed by atoms with Crippen LogP contribution in [0.4, 0.5) is 0 Å². The van der Waals surface area contributed by atoms with Gasteiger partial charge in [0.2, 0.25) is 11.8 Å². The largest absolute Gasteiger partial charge is 0.337 e. The monoisotopic (exact) mass is 430 g/mol. The number of nitrogens with zero attached hydrogens (tertiary/aromatic N) is 4. The van der Waals surface area contributed by atoms with E-state index in [2.05, 4.69) is 11.0 Å². The highest BCUT2D eigenvalue weighted by Gasteiger charge is 2.28. The van der Waals surface area contributed by atoms with Gasteiger partial charge in [0.1, 0.15) is 0 Å². The average molecular weight is 431 g/mol. The first kappa shape index (κ1) is 21.7. The Balaban J connectivity index is 1.32. The van der Waals surface area contributed by atoms with E-state index in [-0.39, 0.29) is 37.1 Å². The van der Waals surface area contributed by atoms with Crippen molar-refractivity contribution in [2.75, 3.05) is 26.2 Å². The SMILES string of the molecule is N#Cc1ccc(CN2CCCN(C(=O)c3ccc(CN4C(=O)CCC4=O)cc3)CC2)cc1. The number of amides is 3. The maximum absolute atomic E-state index is 13.0. The van der Waals surface area contributed by atoms with E-state index in [0.717, 1.165) is 37.2 Å². The summed E-state index contributed by atoms with van der Waals surface area (Å²) in [5.41, 5.74) is 3.28. The number of carbonyl (C=O) groups excluding carboxylic acids is 3. The zero-order chi connectivity index (χ0) is 22.5. The molecule has 4 rings (SSSR count). The Kier molecular flexibility index (Phi) is 6.62. The molecule has 2 aromatic rings. The van der Waals surface area contributed by atoms with E-state index in [9.17, 15) is 14.4 Å². The van der Waals surface area contributed by atoms with Crippen LogP contribution in [-0.4, -0.2) is 58.6 Å². The van der Waals surface area contributed by atoms with Gasteiger partial charge in [-0.2, -0.15) is 5.26 Å². The minimum atomic E-state index is -0.134. The molecule has 2 saturated heterocycles. The van der Waals surface area contributed by atoms with Gasteiger partial charge in [-0.05, 0) is 41.8 Å². The zero-order valence-corrected chi connectivity index (χ0v) is 18.0. The number of hydrogen-bond acceptors (Lipinski definition) is 5. The Morgan fingerprint density at radius 2 is 1.44 bits per heavy atom. The van der Waals surface area contributed by atoms with Crippen molar-refractivity contribution in [2.24, 2.45) is 0 Å². The fourth-order valence-corrected chi connectivity index (χ4v) is 4.19. The molecule has 2 fully saturated rings. The van der Waals surface area contributed by atoms with Gasteiger partial charge in [-0.15, -0.1) is 0 Å². The van der Waals surface area contributed by atoms with Crippen LogP contribution in [0.25, 0.3) is 0 Å². The number of hydrogen-bond donors (Lipinski definition) is 0. The third-order valence-electron chi connectivity index (χ3n) is 6.06. The first-order valence-corrected chi connectivity index (χ1v) is 11.0. The predicted octanol–water partition coefficient (Wildman–Crippen LogP) is 2.56. The summed E-state index contributed by atoms with van der Waals surface area (Å²) < 4.78 is 0. The Bertz CT molecular complexity index is 1020. The fraction of sp³-hybridized carbons (Fsp3) is 0.360. The molecule has 0 radical (unpaired) electrons. The molecule has 0 saturated carbocycles. The summed E-state index contributed by atoms with van der Waals surface area (Å²) in [6, 6.07) is 17.0. The van der Waals surface area contributed by atoms with Gasteiger partial charge in [0, 0.05) is 51.1 Å². The van der Waals surface area contributed by atoms with E-state index in [0.29, 0.717) is 24.2 Å². The van der Waals surface area contributed by atoms with Crippen molar-refractivity contribution >= 4 is 17.7 Å². The van der Waals surface area contributed by atoms with Crippen molar-refractivity contribution in [3.8, 4) is 6.07 Å². The Hall–Kier alpha value is -3.50. The third-order valence-corrected chi connectivity index (χ3v) is 6.06. The highest BCUT2D eigenvalue weighted by molar-refractivity contribution is 6.01. The molecule has 0 aliphatic carbocycles. The molecule has 2 aliphatic rings. The van der Waals surface area contributed by atoms with Crippen LogP contribution in [0.15, 0.2) is 48.5 Å². The van der Waals surface area contributed by atoms with Gasteiger partial charge < -0.3 is 4.90 Å². The van der Waals surface area contributed by atoms with E-state index in [4.69, 9.17) is 5.26 Å². The summed E-state index contributed by atoms with van der Waals surface area (Å²) in [6.07, 6.45) is 1.47. The van der Waals surface area contributed by atoms with Gasteiger partial charge in [0.05, 0.1) is 18.2 Å². The smallest absolute Gasteiger partial charge is 0.253 e. The molecule has 0 atom stereocenters. The van der Waals surface area contributed by atoms with E-state index in [1.807, 2.05) is 41.3 Å². The fourth-order valence-electron chi connectivity index (χ4n) is 4.19. The number of rotatable bonds is 5. The molecule has 164 valence electrons. The van der Waals surface area contributed by atoms with Crippen LogP contribution in [0.2, 0.25) is 0 Å². The summed E-state index contributed by atoms with van der Waals surface area (Å²) in [5.74, 6) is -0.263. The molecule has 2 aromatic carbocycles. The number of nitriles is 1. The maximum atomic E-state index is 13.0. The predicted molar refractivity (Wildman–Crippen MR) is 118 cm³/mol.